The summed E-state index contributed by atoms with van der Waals surface area (Å²) in [6.45, 7) is 1.70. The van der Waals surface area contributed by atoms with Crippen molar-refractivity contribution in [3.63, 3.8) is 0 Å². The Kier molecular flexibility index (Phi) is 6.24. The van der Waals surface area contributed by atoms with Gasteiger partial charge in [0, 0.05) is 24.1 Å². The Hall–Kier alpha value is -3.97. The zero-order valence-electron chi connectivity index (χ0n) is 18.0. The molecule has 0 radical (unpaired) electrons. The first-order valence-corrected chi connectivity index (χ1v) is 10.6. The summed E-state index contributed by atoms with van der Waals surface area (Å²) >= 11 is 0. The standard InChI is InChI=1S/C26H24O7/c1-2-18(27)14-32-21-12-19(28)13-22-23(21)24(30)25(31)26(33-22)16-8-9-20(29)17(11-16)10-15-6-4-3-5-7-15/h3-9,11-13,18,27-29,31H,2,10,14H2,1H3/t18-/m0/s1. The van der Waals surface area contributed by atoms with Gasteiger partial charge in [-0.25, -0.2) is 0 Å². The number of hydrogen-bond acceptors (Lipinski definition) is 7. The number of fused-ring (bicyclic) bond motifs is 1. The summed E-state index contributed by atoms with van der Waals surface area (Å²) < 4.78 is 11.3. The number of aliphatic hydroxyl groups excluding tert-OH is 1. The van der Waals surface area contributed by atoms with Crippen molar-refractivity contribution in [3.8, 4) is 34.3 Å². The van der Waals surface area contributed by atoms with Crippen LogP contribution in [0.5, 0.6) is 23.0 Å². The van der Waals surface area contributed by atoms with Gasteiger partial charge in [0.15, 0.2) is 5.76 Å². The molecule has 1 heterocycles. The monoisotopic (exact) mass is 448 g/mol. The van der Waals surface area contributed by atoms with Crippen LogP contribution in [0.1, 0.15) is 24.5 Å². The van der Waals surface area contributed by atoms with Crippen LogP contribution >= 0.6 is 0 Å². The van der Waals surface area contributed by atoms with Crippen LogP contribution in [0.4, 0.5) is 0 Å². The largest absolute Gasteiger partial charge is 0.508 e. The average molecular weight is 448 g/mol. The van der Waals surface area contributed by atoms with E-state index in [1.165, 1.54) is 24.3 Å². The molecule has 33 heavy (non-hydrogen) atoms. The first-order chi connectivity index (χ1) is 15.9. The number of benzene rings is 3. The Morgan fingerprint density at radius 3 is 2.48 bits per heavy atom. The summed E-state index contributed by atoms with van der Waals surface area (Å²) in [7, 11) is 0. The number of phenols is 2. The zero-order valence-corrected chi connectivity index (χ0v) is 18.0. The quantitative estimate of drug-likeness (QED) is 0.332. The molecule has 0 unspecified atom stereocenters. The van der Waals surface area contributed by atoms with Gasteiger partial charge in [0.2, 0.25) is 11.2 Å². The van der Waals surface area contributed by atoms with Crippen LogP contribution in [0.25, 0.3) is 22.3 Å². The number of hydrogen-bond donors (Lipinski definition) is 4. The maximum Gasteiger partial charge on any atom is 0.238 e. The molecule has 0 aliphatic carbocycles. The second-order valence-electron chi connectivity index (χ2n) is 7.80. The molecule has 1 atom stereocenters. The first kappa shape index (κ1) is 22.2. The highest BCUT2D eigenvalue weighted by Gasteiger charge is 2.21. The van der Waals surface area contributed by atoms with Gasteiger partial charge in [-0.15, -0.1) is 0 Å². The van der Waals surface area contributed by atoms with Crippen LogP contribution < -0.4 is 10.2 Å². The Bertz CT molecular complexity index is 1340. The molecule has 7 heteroatoms. The Balaban J connectivity index is 1.80. The summed E-state index contributed by atoms with van der Waals surface area (Å²) in [5.74, 6) is -0.826. The highest BCUT2D eigenvalue weighted by molar-refractivity contribution is 5.88. The van der Waals surface area contributed by atoms with Gasteiger partial charge < -0.3 is 29.6 Å². The van der Waals surface area contributed by atoms with Gasteiger partial charge >= 0.3 is 0 Å². The highest BCUT2D eigenvalue weighted by Crippen LogP contribution is 2.37. The van der Waals surface area contributed by atoms with E-state index in [1.54, 1.807) is 13.0 Å². The van der Waals surface area contributed by atoms with Crippen LogP contribution in [-0.2, 0) is 6.42 Å². The second-order valence-corrected chi connectivity index (χ2v) is 7.80. The third kappa shape index (κ3) is 4.63. The molecule has 7 nitrogen and oxygen atoms in total. The molecule has 4 rings (SSSR count). The van der Waals surface area contributed by atoms with Gasteiger partial charge in [-0.05, 0) is 35.7 Å². The molecule has 0 saturated carbocycles. The maximum atomic E-state index is 13.0. The van der Waals surface area contributed by atoms with Gasteiger partial charge in [0.25, 0.3) is 0 Å². The molecule has 0 spiro atoms. The Labute approximate surface area is 189 Å². The van der Waals surface area contributed by atoms with Gasteiger partial charge in [-0.3, -0.25) is 4.79 Å². The van der Waals surface area contributed by atoms with Crippen LogP contribution in [-0.4, -0.2) is 33.1 Å². The zero-order chi connectivity index (χ0) is 23.5. The fraction of sp³-hybridized carbons (Fsp3) is 0.192. The molecule has 0 bridgehead atoms. The van der Waals surface area contributed by atoms with E-state index in [0.717, 1.165) is 5.56 Å². The van der Waals surface area contributed by atoms with Crippen molar-refractivity contribution >= 4 is 11.0 Å². The minimum atomic E-state index is -0.748. The summed E-state index contributed by atoms with van der Waals surface area (Å²) in [6, 6.07) is 16.7. The van der Waals surface area contributed by atoms with E-state index in [9.17, 15) is 25.2 Å². The van der Waals surface area contributed by atoms with E-state index in [4.69, 9.17) is 9.15 Å². The lowest BCUT2D eigenvalue weighted by molar-refractivity contribution is 0.105. The van der Waals surface area contributed by atoms with Crippen LogP contribution in [0.3, 0.4) is 0 Å². The minimum absolute atomic E-state index is 0.00331. The van der Waals surface area contributed by atoms with Gasteiger partial charge in [-0.1, -0.05) is 37.3 Å². The number of ether oxygens (including phenoxy) is 1. The maximum absolute atomic E-state index is 13.0. The Morgan fingerprint density at radius 2 is 1.76 bits per heavy atom. The molecule has 1 aromatic heterocycles. The van der Waals surface area contributed by atoms with Crippen molar-refractivity contribution in [2.45, 2.75) is 25.9 Å². The van der Waals surface area contributed by atoms with E-state index in [0.29, 0.717) is 24.0 Å². The lowest BCUT2D eigenvalue weighted by Gasteiger charge is -2.14. The molecule has 3 aromatic carbocycles. The third-order valence-corrected chi connectivity index (χ3v) is 5.40. The SMILES string of the molecule is CC[C@H](O)COc1cc(O)cc2oc(-c3ccc(O)c(Cc4ccccc4)c3)c(O)c(=O)c12. The van der Waals surface area contributed by atoms with E-state index in [-0.39, 0.29) is 40.6 Å². The molecule has 0 fully saturated rings. The molecular formula is C26H24O7. The van der Waals surface area contributed by atoms with Crippen molar-refractivity contribution in [2.24, 2.45) is 0 Å². The normalized spacial score (nSPS) is 12.1. The van der Waals surface area contributed by atoms with Gasteiger partial charge in [0.05, 0.1) is 6.10 Å². The summed E-state index contributed by atoms with van der Waals surface area (Å²) in [5, 5.41) is 40.8. The number of phenolic OH excluding ortho intramolecular Hbond substituents is 2. The van der Waals surface area contributed by atoms with Crippen LogP contribution in [0.15, 0.2) is 69.9 Å². The molecule has 170 valence electrons. The second kappa shape index (κ2) is 9.26. The molecule has 4 N–H and O–H groups in total. The van der Waals surface area contributed by atoms with Crippen molar-refractivity contribution in [2.75, 3.05) is 6.61 Å². The van der Waals surface area contributed by atoms with Gasteiger partial charge in [-0.2, -0.15) is 0 Å². The lowest BCUT2D eigenvalue weighted by Crippen LogP contribution is -2.17. The summed E-state index contributed by atoms with van der Waals surface area (Å²) in [6.07, 6.45) is 0.146. The lowest BCUT2D eigenvalue weighted by atomic mass is 10.00. The van der Waals surface area contributed by atoms with Crippen LogP contribution in [0, 0.1) is 0 Å². The van der Waals surface area contributed by atoms with Crippen molar-refractivity contribution in [1.29, 1.82) is 0 Å². The van der Waals surface area contributed by atoms with E-state index in [2.05, 4.69) is 0 Å². The van der Waals surface area contributed by atoms with Crippen molar-refractivity contribution < 1.29 is 29.6 Å². The topological polar surface area (TPSA) is 120 Å². The predicted molar refractivity (Wildman–Crippen MR) is 124 cm³/mol. The van der Waals surface area contributed by atoms with Crippen molar-refractivity contribution in [1.82, 2.24) is 0 Å². The molecule has 0 saturated heterocycles. The molecule has 0 aliphatic heterocycles. The number of rotatable bonds is 7. The summed E-state index contributed by atoms with van der Waals surface area (Å²) in [5.41, 5.74) is 1.25. The minimum Gasteiger partial charge on any atom is -0.508 e. The summed E-state index contributed by atoms with van der Waals surface area (Å²) in [4.78, 5) is 13.0. The van der Waals surface area contributed by atoms with E-state index in [1.807, 2.05) is 30.3 Å². The third-order valence-electron chi connectivity index (χ3n) is 5.40. The molecule has 0 amide bonds. The first-order valence-electron chi connectivity index (χ1n) is 10.6. The molecular weight excluding hydrogens is 424 g/mol. The fourth-order valence-electron chi connectivity index (χ4n) is 3.56. The Morgan fingerprint density at radius 1 is 1.00 bits per heavy atom. The average Bonchev–Trinajstić information content (AvgIpc) is 2.81. The number of aliphatic hydroxyl groups is 1. The smallest absolute Gasteiger partial charge is 0.238 e. The highest BCUT2D eigenvalue weighted by atomic mass is 16.5. The number of aromatic hydroxyl groups is 3. The van der Waals surface area contributed by atoms with Crippen LogP contribution in [0.2, 0.25) is 0 Å². The van der Waals surface area contributed by atoms with Crippen molar-refractivity contribution in [3.05, 3.63) is 82.0 Å². The predicted octanol–water partition coefficient (Wildman–Crippen LogP) is 4.32. The van der Waals surface area contributed by atoms with E-state index >= 15 is 0 Å². The molecule has 0 aliphatic rings. The van der Waals surface area contributed by atoms with Gasteiger partial charge in [0.1, 0.15) is 34.8 Å². The van der Waals surface area contributed by atoms with E-state index < -0.39 is 17.3 Å². The fourth-order valence-corrected chi connectivity index (χ4v) is 3.56. The molecule has 4 aromatic rings.